The van der Waals surface area contributed by atoms with Gasteiger partial charge in [-0.3, -0.25) is 14.6 Å². The van der Waals surface area contributed by atoms with Crippen molar-refractivity contribution in [3.63, 3.8) is 0 Å². The average molecular weight is 402 g/mol. The molecule has 0 bridgehead atoms. The van der Waals surface area contributed by atoms with Gasteiger partial charge in [-0.05, 0) is 30.2 Å². The standard InChI is InChI=1S/C22H28ClN3O2/c1-17-8-9-19(16-20(17)23)24-22(27)21(18-6-4-3-5-7-18)26-12-10-25(11-13-26)14-15-28-2/h3-9,16,21H,10-15H2,1-2H3,(H,24,27). The summed E-state index contributed by atoms with van der Waals surface area (Å²) in [7, 11) is 1.73. The second kappa shape index (κ2) is 10.0. The number of rotatable bonds is 7. The van der Waals surface area contributed by atoms with E-state index in [1.54, 1.807) is 13.2 Å². The summed E-state index contributed by atoms with van der Waals surface area (Å²) in [5, 5.41) is 3.71. The molecular weight excluding hydrogens is 374 g/mol. The van der Waals surface area contributed by atoms with Crippen molar-refractivity contribution in [2.45, 2.75) is 13.0 Å². The van der Waals surface area contributed by atoms with Crippen LogP contribution in [-0.4, -0.2) is 62.1 Å². The predicted octanol–water partition coefficient (Wildman–Crippen LogP) is 3.59. The van der Waals surface area contributed by atoms with Crippen LogP contribution in [0.5, 0.6) is 0 Å². The van der Waals surface area contributed by atoms with Gasteiger partial charge < -0.3 is 10.1 Å². The lowest BCUT2D eigenvalue weighted by Crippen LogP contribution is -2.50. The van der Waals surface area contributed by atoms with Crippen molar-refractivity contribution in [2.75, 3.05) is 51.8 Å². The first-order valence-corrected chi connectivity index (χ1v) is 10.0. The molecule has 0 radical (unpaired) electrons. The summed E-state index contributed by atoms with van der Waals surface area (Å²) in [4.78, 5) is 17.9. The molecule has 2 aromatic rings. The number of nitrogens with zero attached hydrogens (tertiary/aromatic N) is 2. The molecule has 3 rings (SSSR count). The fraction of sp³-hybridized carbons (Fsp3) is 0.409. The van der Waals surface area contributed by atoms with E-state index in [0.717, 1.165) is 56.1 Å². The lowest BCUT2D eigenvalue weighted by molar-refractivity contribution is -0.122. The van der Waals surface area contributed by atoms with Crippen LogP contribution in [0, 0.1) is 6.92 Å². The summed E-state index contributed by atoms with van der Waals surface area (Å²) < 4.78 is 5.18. The summed E-state index contributed by atoms with van der Waals surface area (Å²) >= 11 is 6.22. The van der Waals surface area contributed by atoms with Crippen LogP contribution in [0.2, 0.25) is 5.02 Å². The number of halogens is 1. The first-order valence-electron chi connectivity index (χ1n) is 9.66. The number of piperazine rings is 1. The molecular formula is C22H28ClN3O2. The van der Waals surface area contributed by atoms with E-state index in [2.05, 4.69) is 15.1 Å². The molecule has 6 heteroatoms. The Balaban J connectivity index is 1.74. The Kier molecular flexibility index (Phi) is 7.45. The minimum Gasteiger partial charge on any atom is -0.383 e. The van der Waals surface area contributed by atoms with Crippen LogP contribution in [-0.2, 0) is 9.53 Å². The molecule has 150 valence electrons. The van der Waals surface area contributed by atoms with Crippen molar-refractivity contribution in [1.82, 2.24) is 9.80 Å². The number of carbonyl (C=O) groups excluding carboxylic acids is 1. The van der Waals surface area contributed by atoms with E-state index in [4.69, 9.17) is 16.3 Å². The van der Waals surface area contributed by atoms with Gasteiger partial charge in [0.05, 0.1) is 6.61 Å². The number of ether oxygens (including phenoxy) is 1. The average Bonchev–Trinajstić information content (AvgIpc) is 2.71. The van der Waals surface area contributed by atoms with Crippen LogP contribution in [0.1, 0.15) is 17.2 Å². The minimum absolute atomic E-state index is 0.0311. The van der Waals surface area contributed by atoms with Gasteiger partial charge >= 0.3 is 0 Å². The lowest BCUT2D eigenvalue weighted by atomic mass is 10.0. The Labute approximate surface area is 172 Å². The molecule has 1 aliphatic rings. The van der Waals surface area contributed by atoms with E-state index >= 15 is 0 Å². The molecule has 5 nitrogen and oxygen atoms in total. The smallest absolute Gasteiger partial charge is 0.246 e. The Hall–Kier alpha value is -1.92. The fourth-order valence-corrected chi connectivity index (χ4v) is 3.69. The van der Waals surface area contributed by atoms with E-state index in [-0.39, 0.29) is 11.9 Å². The quantitative estimate of drug-likeness (QED) is 0.770. The number of hydrogen-bond donors (Lipinski definition) is 1. The highest BCUT2D eigenvalue weighted by atomic mass is 35.5. The number of carbonyl (C=O) groups is 1. The van der Waals surface area contributed by atoms with Crippen LogP contribution in [0.3, 0.4) is 0 Å². The third kappa shape index (κ3) is 5.32. The van der Waals surface area contributed by atoms with E-state index in [1.807, 2.05) is 49.4 Å². The second-order valence-corrected chi connectivity index (χ2v) is 7.54. The van der Waals surface area contributed by atoms with Gasteiger partial charge in [0.2, 0.25) is 5.91 Å². The zero-order chi connectivity index (χ0) is 19.9. The lowest BCUT2D eigenvalue weighted by Gasteiger charge is -2.38. The summed E-state index contributed by atoms with van der Waals surface area (Å²) in [5.41, 5.74) is 2.72. The number of methoxy groups -OCH3 is 1. The zero-order valence-corrected chi connectivity index (χ0v) is 17.3. The number of nitrogens with one attached hydrogen (secondary N) is 1. The Morgan fingerprint density at radius 3 is 2.50 bits per heavy atom. The van der Waals surface area contributed by atoms with Gasteiger partial charge in [0.15, 0.2) is 0 Å². The third-order valence-electron chi connectivity index (χ3n) is 5.19. The molecule has 1 fully saturated rings. The maximum atomic E-state index is 13.2. The largest absolute Gasteiger partial charge is 0.383 e. The molecule has 2 aromatic carbocycles. The van der Waals surface area contributed by atoms with Gasteiger partial charge in [-0.2, -0.15) is 0 Å². The molecule has 1 atom stereocenters. The maximum Gasteiger partial charge on any atom is 0.246 e. The van der Waals surface area contributed by atoms with Crippen molar-refractivity contribution in [3.05, 3.63) is 64.7 Å². The van der Waals surface area contributed by atoms with Crippen LogP contribution in [0.25, 0.3) is 0 Å². The normalized spacial score (nSPS) is 16.7. The highest BCUT2D eigenvalue weighted by Gasteiger charge is 2.30. The van der Waals surface area contributed by atoms with Crippen molar-refractivity contribution in [3.8, 4) is 0 Å². The molecule has 0 aliphatic carbocycles. The first-order chi connectivity index (χ1) is 13.6. The van der Waals surface area contributed by atoms with Crippen molar-refractivity contribution < 1.29 is 9.53 Å². The van der Waals surface area contributed by atoms with Crippen LogP contribution in [0.4, 0.5) is 5.69 Å². The van der Waals surface area contributed by atoms with E-state index < -0.39 is 0 Å². The van der Waals surface area contributed by atoms with Gasteiger partial charge in [-0.15, -0.1) is 0 Å². The van der Waals surface area contributed by atoms with Gasteiger partial charge in [0.25, 0.3) is 0 Å². The highest BCUT2D eigenvalue weighted by molar-refractivity contribution is 6.31. The Morgan fingerprint density at radius 1 is 1.14 bits per heavy atom. The van der Waals surface area contributed by atoms with Crippen molar-refractivity contribution >= 4 is 23.2 Å². The van der Waals surface area contributed by atoms with Crippen LogP contribution < -0.4 is 5.32 Å². The van der Waals surface area contributed by atoms with E-state index in [1.165, 1.54) is 0 Å². The van der Waals surface area contributed by atoms with Crippen molar-refractivity contribution in [1.29, 1.82) is 0 Å². The van der Waals surface area contributed by atoms with E-state index in [0.29, 0.717) is 5.02 Å². The molecule has 1 amide bonds. The number of aryl methyl sites for hydroxylation is 1. The molecule has 1 aliphatic heterocycles. The van der Waals surface area contributed by atoms with Crippen molar-refractivity contribution in [2.24, 2.45) is 0 Å². The highest BCUT2D eigenvalue weighted by Crippen LogP contribution is 2.26. The Bertz CT molecular complexity index is 777. The summed E-state index contributed by atoms with van der Waals surface area (Å²) in [6, 6.07) is 15.3. The maximum absolute atomic E-state index is 13.2. The third-order valence-corrected chi connectivity index (χ3v) is 5.59. The summed E-state index contributed by atoms with van der Waals surface area (Å²) in [5.74, 6) is -0.0311. The van der Waals surface area contributed by atoms with E-state index in [9.17, 15) is 4.79 Å². The number of anilines is 1. The molecule has 1 unspecified atom stereocenters. The number of benzene rings is 2. The number of hydrogen-bond acceptors (Lipinski definition) is 4. The van der Waals surface area contributed by atoms with Crippen LogP contribution >= 0.6 is 11.6 Å². The summed E-state index contributed by atoms with van der Waals surface area (Å²) in [6.07, 6.45) is 0. The summed E-state index contributed by atoms with van der Waals surface area (Å²) in [6.45, 7) is 7.14. The van der Waals surface area contributed by atoms with Gasteiger partial charge in [0, 0.05) is 50.5 Å². The molecule has 1 saturated heterocycles. The predicted molar refractivity (Wildman–Crippen MR) is 114 cm³/mol. The van der Waals surface area contributed by atoms with Crippen LogP contribution in [0.15, 0.2) is 48.5 Å². The zero-order valence-electron chi connectivity index (χ0n) is 16.5. The molecule has 28 heavy (non-hydrogen) atoms. The minimum atomic E-state index is -0.328. The molecule has 0 aromatic heterocycles. The molecule has 1 heterocycles. The fourth-order valence-electron chi connectivity index (χ4n) is 3.51. The Morgan fingerprint density at radius 2 is 1.86 bits per heavy atom. The van der Waals surface area contributed by atoms with Gasteiger partial charge in [-0.25, -0.2) is 0 Å². The van der Waals surface area contributed by atoms with Gasteiger partial charge in [0.1, 0.15) is 6.04 Å². The first kappa shape index (κ1) is 20.8. The number of amides is 1. The van der Waals surface area contributed by atoms with Gasteiger partial charge in [-0.1, -0.05) is 48.0 Å². The molecule has 0 saturated carbocycles. The molecule has 1 N–H and O–H groups in total. The SMILES string of the molecule is COCCN1CCN(C(C(=O)Nc2ccc(C)c(Cl)c2)c2ccccc2)CC1. The second-order valence-electron chi connectivity index (χ2n) is 7.14. The topological polar surface area (TPSA) is 44.8 Å². The monoisotopic (exact) mass is 401 g/mol. The molecule has 0 spiro atoms.